The van der Waals surface area contributed by atoms with Gasteiger partial charge in [0, 0.05) is 20.1 Å². The number of aliphatic imine (C=N–C) groups is 1. The highest BCUT2D eigenvalue weighted by molar-refractivity contribution is 7.88. The van der Waals surface area contributed by atoms with E-state index in [1.54, 1.807) is 7.05 Å². The van der Waals surface area contributed by atoms with Crippen molar-refractivity contribution in [2.75, 3.05) is 14.1 Å². The van der Waals surface area contributed by atoms with E-state index in [1.807, 2.05) is 24.3 Å². The summed E-state index contributed by atoms with van der Waals surface area (Å²) < 4.78 is 25.5. The monoisotopic (exact) mass is 374 g/mol. The van der Waals surface area contributed by atoms with Gasteiger partial charge in [-0.05, 0) is 30.7 Å². The summed E-state index contributed by atoms with van der Waals surface area (Å²) in [5.74, 6) is 0.698. The summed E-state index contributed by atoms with van der Waals surface area (Å²) in [6.45, 7) is 3.37. The molecule has 0 radical (unpaired) electrons. The van der Waals surface area contributed by atoms with Crippen molar-refractivity contribution in [1.82, 2.24) is 15.4 Å². The van der Waals surface area contributed by atoms with Crippen molar-refractivity contribution in [2.45, 2.75) is 25.8 Å². The van der Waals surface area contributed by atoms with Crippen LogP contribution in [0.1, 0.15) is 22.3 Å². The summed E-state index contributed by atoms with van der Waals surface area (Å²) in [5, 5.41) is 6.53. The molecule has 0 aromatic heterocycles. The van der Waals surface area contributed by atoms with Crippen molar-refractivity contribution >= 4 is 16.0 Å². The highest BCUT2D eigenvalue weighted by Gasteiger charge is 2.08. The van der Waals surface area contributed by atoms with Gasteiger partial charge in [-0.3, -0.25) is 4.99 Å². The number of hydrogen-bond donors (Lipinski definition) is 3. The van der Waals surface area contributed by atoms with Crippen molar-refractivity contribution in [2.24, 2.45) is 4.99 Å². The van der Waals surface area contributed by atoms with E-state index in [1.165, 1.54) is 18.2 Å². The third-order valence-electron chi connectivity index (χ3n) is 3.95. The average Bonchev–Trinajstić information content (AvgIpc) is 2.64. The molecule has 0 bridgehead atoms. The maximum atomic E-state index is 11.6. The lowest BCUT2D eigenvalue weighted by molar-refractivity contribution is 0.587. The summed E-state index contributed by atoms with van der Waals surface area (Å²) in [6.07, 6.45) is 0. The van der Waals surface area contributed by atoms with Crippen LogP contribution in [0.25, 0.3) is 0 Å². The van der Waals surface area contributed by atoms with Crippen LogP contribution in [0.4, 0.5) is 0 Å². The van der Waals surface area contributed by atoms with Crippen LogP contribution in [0.5, 0.6) is 0 Å². The van der Waals surface area contributed by atoms with Gasteiger partial charge in [-0.2, -0.15) is 0 Å². The summed E-state index contributed by atoms with van der Waals surface area (Å²) >= 11 is 0. The maximum Gasteiger partial charge on any atom is 0.215 e. The number of sulfonamides is 1. The molecule has 0 aliphatic rings. The predicted octanol–water partition coefficient (Wildman–Crippen LogP) is 1.91. The molecule has 0 saturated heterocycles. The molecular weight excluding hydrogens is 348 g/mol. The zero-order valence-corrected chi connectivity index (χ0v) is 16.2. The number of guanidine groups is 1. The number of rotatable bonds is 7. The minimum absolute atomic E-state index is 0.0169. The van der Waals surface area contributed by atoms with E-state index in [4.69, 9.17) is 0 Å². The molecule has 2 rings (SSSR count). The van der Waals surface area contributed by atoms with E-state index in [0.29, 0.717) is 19.0 Å². The lowest BCUT2D eigenvalue weighted by Gasteiger charge is -2.12. The number of benzene rings is 2. The lowest BCUT2D eigenvalue weighted by atomic mass is 10.1. The topological polar surface area (TPSA) is 82.6 Å². The molecule has 0 spiro atoms. The molecule has 0 aliphatic carbocycles. The van der Waals surface area contributed by atoms with E-state index < -0.39 is 10.0 Å². The first kappa shape index (κ1) is 19.9. The number of nitrogens with zero attached hydrogens (tertiary/aromatic N) is 1. The van der Waals surface area contributed by atoms with Crippen molar-refractivity contribution < 1.29 is 8.42 Å². The zero-order chi connectivity index (χ0) is 19.0. The Hall–Kier alpha value is -2.38. The minimum atomic E-state index is -3.25. The van der Waals surface area contributed by atoms with Crippen molar-refractivity contribution in [3.05, 3.63) is 70.8 Å². The molecule has 26 heavy (non-hydrogen) atoms. The fourth-order valence-corrected chi connectivity index (χ4v) is 3.12. The fraction of sp³-hybridized carbons (Fsp3) is 0.316. The minimum Gasteiger partial charge on any atom is -0.352 e. The van der Waals surface area contributed by atoms with E-state index >= 15 is 0 Å². The molecular formula is C19H26N4O2S. The molecule has 0 amide bonds. The third kappa shape index (κ3) is 6.50. The standard InChI is InChI=1S/C19H26N4O2S/c1-15-4-6-16(7-5-15)12-22-19(20-2)23-13-17-8-10-18(11-9-17)14-26(24,25)21-3/h4-11,21H,12-14H2,1-3H3,(H2,20,22,23). The van der Waals surface area contributed by atoms with Gasteiger partial charge >= 0.3 is 0 Å². The Balaban J connectivity index is 1.85. The van der Waals surface area contributed by atoms with Crippen molar-refractivity contribution in [3.8, 4) is 0 Å². The van der Waals surface area contributed by atoms with Crippen molar-refractivity contribution in [3.63, 3.8) is 0 Å². The Labute approximate surface area is 155 Å². The molecule has 0 saturated carbocycles. The first-order valence-electron chi connectivity index (χ1n) is 8.41. The summed E-state index contributed by atoms with van der Waals surface area (Å²) in [4.78, 5) is 4.22. The van der Waals surface area contributed by atoms with E-state index in [0.717, 1.165) is 11.1 Å². The molecule has 6 nitrogen and oxygen atoms in total. The third-order valence-corrected chi connectivity index (χ3v) is 5.29. The second-order valence-corrected chi connectivity index (χ2v) is 7.97. The van der Waals surface area contributed by atoms with Gasteiger partial charge in [-0.25, -0.2) is 13.1 Å². The number of nitrogens with one attached hydrogen (secondary N) is 3. The average molecular weight is 375 g/mol. The lowest BCUT2D eigenvalue weighted by Crippen LogP contribution is -2.36. The van der Waals surface area contributed by atoms with Crippen LogP contribution >= 0.6 is 0 Å². The van der Waals surface area contributed by atoms with Crippen LogP contribution in [0.15, 0.2) is 53.5 Å². The number of aryl methyl sites for hydroxylation is 1. The van der Waals surface area contributed by atoms with Gasteiger partial charge in [0.25, 0.3) is 0 Å². The van der Waals surface area contributed by atoms with E-state index in [-0.39, 0.29) is 5.75 Å². The Morgan fingerprint density at radius 1 is 0.885 bits per heavy atom. The van der Waals surface area contributed by atoms with Gasteiger partial charge in [-0.1, -0.05) is 54.1 Å². The largest absolute Gasteiger partial charge is 0.352 e. The molecule has 7 heteroatoms. The second-order valence-electron chi connectivity index (χ2n) is 6.04. The number of hydrogen-bond acceptors (Lipinski definition) is 3. The molecule has 0 atom stereocenters. The van der Waals surface area contributed by atoms with Crippen LogP contribution in [-0.4, -0.2) is 28.5 Å². The summed E-state index contributed by atoms with van der Waals surface area (Å²) in [7, 11) is -0.0945. The SMILES string of the molecule is CN=C(NCc1ccc(C)cc1)NCc1ccc(CS(=O)(=O)NC)cc1. The predicted molar refractivity (Wildman–Crippen MR) is 106 cm³/mol. The first-order chi connectivity index (χ1) is 12.4. The molecule has 0 fully saturated rings. The van der Waals surface area contributed by atoms with Gasteiger partial charge in [-0.15, -0.1) is 0 Å². The van der Waals surface area contributed by atoms with Crippen LogP contribution < -0.4 is 15.4 Å². The Kier molecular flexibility index (Phi) is 7.17. The maximum absolute atomic E-state index is 11.6. The van der Waals surface area contributed by atoms with Gasteiger partial charge in [0.1, 0.15) is 0 Å². The molecule has 2 aromatic carbocycles. The summed E-state index contributed by atoms with van der Waals surface area (Å²) in [5.41, 5.74) is 4.23. The van der Waals surface area contributed by atoms with Gasteiger partial charge in [0.2, 0.25) is 10.0 Å². The van der Waals surface area contributed by atoms with Gasteiger partial charge in [0.05, 0.1) is 5.75 Å². The Morgan fingerprint density at radius 2 is 1.35 bits per heavy atom. The highest BCUT2D eigenvalue weighted by atomic mass is 32.2. The van der Waals surface area contributed by atoms with Gasteiger partial charge < -0.3 is 10.6 Å². The fourth-order valence-electron chi connectivity index (χ4n) is 2.34. The van der Waals surface area contributed by atoms with Gasteiger partial charge in [0.15, 0.2) is 5.96 Å². The molecule has 3 N–H and O–H groups in total. The highest BCUT2D eigenvalue weighted by Crippen LogP contribution is 2.08. The molecule has 2 aromatic rings. The van der Waals surface area contributed by atoms with Crippen LogP contribution in [-0.2, 0) is 28.9 Å². The Bertz CT molecular complexity index is 829. The molecule has 0 aliphatic heterocycles. The summed E-state index contributed by atoms with van der Waals surface area (Å²) in [6, 6.07) is 15.8. The smallest absolute Gasteiger partial charge is 0.215 e. The zero-order valence-electron chi connectivity index (χ0n) is 15.4. The van der Waals surface area contributed by atoms with E-state index in [9.17, 15) is 8.42 Å². The Morgan fingerprint density at radius 3 is 1.81 bits per heavy atom. The quantitative estimate of drug-likeness (QED) is 0.511. The van der Waals surface area contributed by atoms with Crippen LogP contribution in [0.3, 0.4) is 0 Å². The molecule has 140 valence electrons. The van der Waals surface area contributed by atoms with E-state index in [2.05, 4.69) is 51.5 Å². The van der Waals surface area contributed by atoms with Crippen molar-refractivity contribution in [1.29, 1.82) is 0 Å². The first-order valence-corrected chi connectivity index (χ1v) is 10.1. The second kappa shape index (κ2) is 9.35. The molecule has 0 unspecified atom stereocenters. The normalized spacial score (nSPS) is 12.0. The molecule has 0 heterocycles. The van der Waals surface area contributed by atoms with Crippen LogP contribution in [0.2, 0.25) is 0 Å². The van der Waals surface area contributed by atoms with Crippen LogP contribution in [0, 0.1) is 6.92 Å².